The Morgan fingerprint density at radius 2 is 1.90 bits per heavy atom. The average molecular weight is 291 g/mol. The van der Waals surface area contributed by atoms with Gasteiger partial charge in [-0.05, 0) is 24.5 Å². The quantitative estimate of drug-likeness (QED) is 0.899. The van der Waals surface area contributed by atoms with E-state index in [-0.39, 0.29) is 5.82 Å². The first-order chi connectivity index (χ1) is 10.1. The SMILES string of the molecule is CC(C)NCc1cccc(F)c1N1CCN(C2CC2)CC1. The van der Waals surface area contributed by atoms with Crippen molar-refractivity contribution in [2.45, 2.75) is 45.3 Å². The number of nitrogens with one attached hydrogen (secondary N) is 1. The Morgan fingerprint density at radius 3 is 2.52 bits per heavy atom. The molecule has 1 aliphatic carbocycles. The van der Waals surface area contributed by atoms with Crippen molar-refractivity contribution in [2.24, 2.45) is 0 Å². The smallest absolute Gasteiger partial charge is 0.146 e. The van der Waals surface area contributed by atoms with E-state index in [2.05, 4.69) is 29.0 Å². The summed E-state index contributed by atoms with van der Waals surface area (Å²) in [6, 6.07) is 6.67. The lowest BCUT2D eigenvalue weighted by Gasteiger charge is -2.37. The summed E-state index contributed by atoms with van der Waals surface area (Å²) in [6.07, 6.45) is 2.70. The molecule has 3 rings (SSSR count). The molecule has 1 N–H and O–H groups in total. The molecule has 4 heteroatoms. The normalized spacial score (nSPS) is 20.3. The highest BCUT2D eigenvalue weighted by molar-refractivity contribution is 5.55. The molecule has 0 unspecified atom stereocenters. The van der Waals surface area contributed by atoms with Crippen LogP contribution < -0.4 is 10.2 Å². The van der Waals surface area contributed by atoms with Gasteiger partial charge < -0.3 is 10.2 Å². The summed E-state index contributed by atoms with van der Waals surface area (Å²) >= 11 is 0. The number of anilines is 1. The maximum atomic E-state index is 14.3. The van der Waals surface area contributed by atoms with E-state index >= 15 is 0 Å². The van der Waals surface area contributed by atoms with Crippen LogP contribution in [0.4, 0.5) is 10.1 Å². The fraction of sp³-hybridized carbons (Fsp3) is 0.647. The first-order valence-corrected chi connectivity index (χ1v) is 8.15. The fourth-order valence-corrected chi connectivity index (χ4v) is 3.12. The molecule has 2 fully saturated rings. The first-order valence-electron chi connectivity index (χ1n) is 8.15. The Balaban J connectivity index is 1.71. The molecule has 0 aromatic heterocycles. The van der Waals surface area contributed by atoms with Crippen LogP contribution in [0.5, 0.6) is 0 Å². The molecule has 1 aromatic rings. The highest BCUT2D eigenvalue weighted by atomic mass is 19.1. The zero-order valence-corrected chi connectivity index (χ0v) is 13.1. The van der Waals surface area contributed by atoms with E-state index in [4.69, 9.17) is 0 Å². The molecule has 1 aliphatic heterocycles. The number of piperazine rings is 1. The number of hydrogen-bond acceptors (Lipinski definition) is 3. The van der Waals surface area contributed by atoms with E-state index in [1.165, 1.54) is 12.8 Å². The van der Waals surface area contributed by atoms with Gasteiger partial charge in [0.25, 0.3) is 0 Å². The Kier molecular flexibility index (Phi) is 4.45. The van der Waals surface area contributed by atoms with E-state index in [1.54, 1.807) is 6.07 Å². The van der Waals surface area contributed by atoms with Crippen molar-refractivity contribution < 1.29 is 4.39 Å². The Morgan fingerprint density at radius 1 is 1.19 bits per heavy atom. The number of nitrogens with zero attached hydrogens (tertiary/aromatic N) is 2. The van der Waals surface area contributed by atoms with Gasteiger partial charge in [0.15, 0.2) is 0 Å². The molecule has 0 amide bonds. The monoisotopic (exact) mass is 291 g/mol. The predicted octanol–water partition coefficient (Wildman–Crippen LogP) is 2.61. The van der Waals surface area contributed by atoms with Crippen LogP contribution in [0.15, 0.2) is 18.2 Å². The third-order valence-electron chi connectivity index (χ3n) is 4.46. The van der Waals surface area contributed by atoms with Crippen molar-refractivity contribution >= 4 is 5.69 Å². The topological polar surface area (TPSA) is 18.5 Å². The Labute approximate surface area is 127 Å². The third kappa shape index (κ3) is 3.55. The Bertz CT molecular complexity index is 477. The minimum atomic E-state index is -0.0853. The van der Waals surface area contributed by atoms with Crippen LogP contribution in [-0.4, -0.2) is 43.2 Å². The fourth-order valence-electron chi connectivity index (χ4n) is 3.12. The molecule has 1 aromatic carbocycles. The maximum absolute atomic E-state index is 14.3. The molecule has 1 heterocycles. The lowest BCUT2D eigenvalue weighted by atomic mass is 10.1. The van der Waals surface area contributed by atoms with Gasteiger partial charge in [-0.1, -0.05) is 26.0 Å². The number of benzene rings is 1. The Hall–Kier alpha value is -1.13. The largest absolute Gasteiger partial charge is 0.366 e. The zero-order chi connectivity index (χ0) is 14.8. The summed E-state index contributed by atoms with van der Waals surface area (Å²) in [5.41, 5.74) is 1.88. The number of rotatable bonds is 5. The number of hydrogen-bond donors (Lipinski definition) is 1. The molecular formula is C17H26FN3. The van der Waals surface area contributed by atoms with Gasteiger partial charge in [-0.2, -0.15) is 0 Å². The molecule has 3 nitrogen and oxygen atoms in total. The van der Waals surface area contributed by atoms with Crippen LogP contribution in [0, 0.1) is 5.82 Å². The predicted molar refractivity (Wildman–Crippen MR) is 85.2 cm³/mol. The molecule has 21 heavy (non-hydrogen) atoms. The summed E-state index contributed by atoms with van der Waals surface area (Å²) in [6.45, 7) is 8.97. The van der Waals surface area contributed by atoms with Crippen LogP contribution in [0.2, 0.25) is 0 Å². The molecular weight excluding hydrogens is 265 g/mol. The van der Waals surface area contributed by atoms with Crippen LogP contribution in [0.25, 0.3) is 0 Å². The summed E-state index contributed by atoms with van der Waals surface area (Å²) in [7, 11) is 0. The lowest BCUT2D eigenvalue weighted by molar-refractivity contribution is 0.247. The lowest BCUT2D eigenvalue weighted by Crippen LogP contribution is -2.47. The van der Waals surface area contributed by atoms with E-state index in [0.29, 0.717) is 6.04 Å². The van der Waals surface area contributed by atoms with Crippen molar-refractivity contribution in [2.75, 3.05) is 31.1 Å². The summed E-state index contributed by atoms with van der Waals surface area (Å²) in [4.78, 5) is 4.79. The standard InChI is InChI=1S/C17H26FN3/c1-13(2)19-12-14-4-3-5-16(18)17(14)21-10-8-20(9-11-21)15-6-7-15/h3-5,13,15,19H,6-12H2,1-2H3. The summed E-state index contributed by atoms with van der Waals surface area (Å²) in [5.74, 6) is -0.0853. The minimum absolute atomic E-state index is 0.0853. The van der Waals surface area contributed by atoms with Gasteiger partial charge in [-0.25, -0.2) is 4.39 Å². The van der Waals surface area contributed by atoms with Gasteiger partial charge in [0, 0.05) is 44.8 Å². The van der Waals surface area contributed by atoms with Crippen molar-refractivity contribution in [3.63, 3.8) is 0 Å². The molecule has 116 valence electrons. The number of halogens is 1. The molecule has 1 saturated carbocycles. The second-order valence-electron chi connectivity index (χ2n) is 6.54. The van der Waals surface area contributed by atoms with Crippen LogP contribution in [0.1, 0.15) is 32.3 Å². The van der Waals surface area contributed by atoms with Crippen LogP contribution in [-0.2, 0) is 6.54 Å². The van der Waals surface area contributed by atoms with Crippen molar-refractivity contribution in [1.29, 1.82) is 0 Å². The van der Waals surface area contributed by atoms with Gasteiger partial charge in [0.05, 0.1) is 5.69 Å². The maximum Gasteiger partial charge on any atom is 0.146 e. The van der Waals surface area contributed by atoms with Gasteiger partial charge in [-0.3, -0.25) is 4.90 Å². The molecule has 0 bridgehead atoms. The van der Waals surface area contributed by atoms with Gasteiger partial charge in [0.2, 0.25) is 0 Å². The minimum Gasteiger partial charge on any atom is -0.366 e. The molecule has 0 radical (unpaired) electrons. The number of para-hydroxylation sites is 1. The second kappa shape index (κ2) is 6.32. The molecule has 0 spiro atoms. The molecule has 2 aliphatic rings. The summed E-state index contributed by atoms with van der Waals surface area (Å²) < 4.78 is 14.3. The van der Waals surface area contributed by atoms with E-state index in [0.717, 1.165) is 50.0 Å². The highest BCUT2D eigenvalue weighted by Crippen LogP contribution is 2.30. The van der Waals surface area contributed by atoms with Gasteiger partial charge in [0.1, 0.15) is 5.82 Å². The van der Waals surface area contributed by atoms with E-state index in [1.807, 2.05) is 12.1 Å². The van der Waals surface area contributed by atoms with Crippen LogP contribution >= 0.6 is 0 Å². The molecule has 1 saturated heterocycles. The molecule has 0 atom stereocenters. The van der Waals surface area contributed by atoms with Crippen molar-refractivity contribution in [1.82, 2.24) is 10.2 Å². The summed E-state index contributed by atoms with van der Waals surface area (Å²) in [5, 5.41) is 3.40. The van der Waals surface area contributed by atoms with E-state index < -0.39 is 0 Å². The van der Waals surface area contributed by atoms with Crippen molar-refractivity contribution in [3.8, 4) is 0 Å². The average Bonchev–Trinajstić information content (AvgIpc) is 3.30. The van der Waals surface area contributed by atoms with Gasteiger partial charge in [-0.15, -0.1) is 0 Å². The second-order valence-corrected chi connectivity index (χ2v) is 6.54. The van der Waals surface area contributed by atoms with Gasteiger partial charge >= 0.3 is 0 Å². The zero-order valence-electron chi connectivity index (χ0n) is 13.1. The van der Waals surface area contributed by atoms with Crippen LogP contribution in [0.3, 0.4) is 0 Å². The van der Waals surface area contributed by atoms with Crippen molar-refractivity contribution in [3.05, 3.63) is 29.6 Å². The highest BCUT2D eigenvalue weighted by Gasteiger charge is 2.32. The first kappa shape index (κ1) is 14.8. The van der Waals surface area contributed by atoms with E-state index in [9.17, 15) is 4.39 Å². The third-order valence-corrected chi connectivity index (χ3v) is 4.46.